The molecule has 0 unspecified atom stereocenters. The summed E-state index contributed by atoms with van der Waals surface area (Å²) in [5.41, 5.74) is 2.32. The minimum atomic E-state index is -0.187. The second kappa shape index (κ2) is 3.91. The maximum absolute atomic E-state index is 9.48. The first-order chi connectivity index (χ1) is 7.56. The van der Waals surface area contributed by atoms with Crippen molar-refractivity contribution in [1.82, 2.24) is 0 Å². The van der Waals surface area contributed by atoms with Gasteiger partial charge in [0.05, 0.1) is 6.61 Å². The van der Waals surface area contributed by atoms with Crippen LogP contribution >= 0.6 is 0 Å². The van der Waals surface area contributed by atoms with Crippen molar-refractivity contribution in [3.63, 3.8) is 0 Å². The van der Waals surface area contributed by atoms with Crippen LogP contribution < -0.4 is 0 Å². The first-order valence-corrected chi connectivity index (χ1v) is 5.66. The monoisotopic (exact) mass is 214 g/mol. The molecular weight excluding hydrogens is 196 g/mol. The summed E-state index contributed by atoms with van der Waals surface area (Å²) in [6, 6.07) is 12.7. The highest BCUT2D eigenvalue weighted by atomic mass is 16.3. The first-order valence-electron chi connectivity index (χ1n) is 5.66. The van der Waals surface area contributed by atoms with E-state index in [-0.39, 0.29) is 12.0 Å². The lowest BCUT2D eigenvalue weighted by Gasteiger charge is -2.24. The van der Waals surface area contributed by atoms with E-state index in [1.807, 2.05) is 0 Å². The molecule has 0 radical (unpaired) electrons. The van der Waals surface area contributed by atoms with Crippen molar-refractivity contribution in [3.8, 4) is 0 Å². The van der Waals surface area contributed by atoms with Gasteiger partial charge in [-0.05, 0) is 28.8 Å². The van der Waals surface area contributed by atoms with Gasteiger partial charge in [-0.3, -0.25) is 0 Å². The van der Waals surface area contributed by atoms with Crippen molar-refractivity contribution in [2.24, 2.45) is 0 Å². The zero-order valence-corrected chi connectivity index (χ0v) is 10.1. The molecule has 0 atom stereocenters. The van der Waals surface area contributed by atoms with Gasteiger partial charge in [0, 0.05) is 5.41 Å². The van der Waals surface area contributed by atoms with Gasteiger partial charge < -0.3 is 5.11 Å². The van der Waals surface area contributed by atoms with E-state index in [1.54, 1.807) is 0 Å². The van der Waals surface area contributed by atoms with Crippen molar-refractivity contribution in [2.75, 3.05) is 6.61 Å². The van der Waals surface area contributed by atoms with E-state index >= 15 is 0 Å². The average molecular weight is 214 g/mol. The van der Waals surface area contributed by atoms with Gasteiger partial charge in [0.2, 0.25) is 0 Å². The van der Waals surface area contributed by atoms with Crippen LogP contribution in [0.1, 0.15) is 25.0 Å². The van der Waals surface area contributed by atoms with Gasteiger partial charge in [-0.1, -0.05) is 50.2 Å². The molecule has 0 bridgehead atoms. The molecule has 16 heavy (non-hydrogen) atoms. The van der Waals surface area contributed by atoms with E-state index in [1.165, 1.54) is 21.9 Å². The maximum Gasteiger partial charge on any atom is 0.0522 e. The molecule has 1 nitrogen and oxygen atoms in total. The van der Waals surface area contributed by atoms with Gasteiger partial charge in [-0.15, -0.1) is 0 Å². The number of aryl methyl sites for hydroxylation is 1. The third kappa shape index (κ3) is 1.72. The third-order valence-electron chi connectivity index (χ3n) is 3.27. The number of hydrogen-bond donors (Lipinski definition) is 1. The topological polar surface area (TPSA) is 20.2 Å². The zero-order chi connectivity index (χ0) is 11.8. The average Bonchev–Trinajstić information content (AvgIpc) is 2.29. The minimum Gasteiger partial charge on any atom is -0.395 e. The van der Waals surface area contributed by atoms with Crippen LogP contribution in [0.4, 0.5) is 0 Å². The molecular formula is C15H18O. The van der Waals surface area contributed by atoms with Crippen molar-refractivity contribution in [2.45, 2.75) is 26.2 Å². The summed E-state index contributed by atoms with van der Waals surface area (Å²) in [6.45, 7) is 6.44. The summed E-state index contributed by atoms with van der Waals surface area (Å²) >= 11 is 0. The Kier molecular flexibility index (Phi) is 2.73. The van der Waals surface area contributed by atoms with Gasteiger partial charge in [-0.25, -0.2) is 0 Å². The summed E-state index contributed by atoms with van der Waals surface area (Å²) in [4.78, 5) is 0. The normalized spacial score (nSPS) is 12.0. The Morgan fingerprint density at radius 2 is 1.62 bits per heavy atom. The molecule has 2 aromatic rings. The van der Waals surface area contributed by atoms with E-state index in [4.69, 9.17) is 0 Å². The molecule has 0 aliphatic rings. The zero-order valence-electron chi connectivity index (χ0n) is 10.1. The van der Waals surface area contributed by atoms with Crippen LogP contribution in [-0.2, 0) is 5.41 Å². The van der Waals surface area contributed by atoms with Crippen LogP contribution in [-0.4, -0.2) is 11.7 Å². The van der Waals surface area contributed by atoms with Crippen molar-refractivity contribution < 1.29 is 5.11 Å². The first kappa shape index (κ1) is 11.2. The summed E-state index contributed by atoms with van der Waals surface area (Å²) in [5.74, 6) is 0. The summed E-state index contributed by atoms with van der Waals surface area (Å²) in [7, 11) is 0. The Labute approximate surface area is 96.7 Å². The van der Waals surface area contributed by atoms with Crippen LogP contribution in [0.3, 0.4) is 0 Å². The number of hydrogen-bond acceptors (Lipinski definition) is 1. The van der Waals surface area contributed by atoms with E-state index in [2.05, 4.69) is 57.2 Å². The van der Waals surface area contributed by atoms with Crippen LogP contribution in [0.2, 0.25) is 0 Å². The second-order valence-corrected chi connectivity index (χ2v) is 5.02. The van der Waals surface area contributed by atoms with Gasteiger partial charge in [0.15, 0.2) is 0 Å². The molecule has 0 saturated carbocycles. The molecule has 84 valence electrons. The Morgan fingerprint density at radius 1 is 1.00 bits per heavy atom. The smallest absolute Gasteiger partial charge is 0.0522 e. The molecule has 0 amide bonds. The molecule has 0 aromatic heterocycles. The molecule has 0 spiro atoms. The molecule has 1 heteroatoms. The number of fused-ring (bicyclic) bond motifs is 1. The fourth-order valence-corrected chi connectivity index (χ4v) is 2.13. The predicted octanol–water partition coefficient (Wildman–Crippen LogP) is 3.42. The number of rotatable bonds is 2. The summed E-state index contributed by atoms with van der Waals surface area (Å²) in [5, 5.41) is 12.0. The summed E-state index contributed by atoms with van der Waals surface area (Å²) in [6.07, 6.45) is 0. The lowest BCUT2D eigenvalue weighted by atomic mass is 9.82. The number of aliphatic hydroxyl groups excluding tert-OH is 1. The highest BCUT2D eigenvalue weighted by molar-refractivity contribution is 5.89. The van der Waals surface area contributed by atoms with Crippen molar-refractivity contribution in [3.05, 3.63) is 47.5 Å². The van der Waals surface area contributed by atoms with E-state index < -0.39 is 0 Å². The Bertz CT molecular complexity index is 512. The molecule has 0 fully saturated rings. The Hall–Kier alpha value is -1.34. The van der Waals surface area contributed by atoms with Crippen LogP contribution in [0.15, 0.2) is 36.4 Å². The lowest BCUT2D eigenvalue weighted by molar-refractivity contribution is 0.219. The quantitative estimate of drug-likeness (QED) is 0.812. The second-order valence-electron chi connectivity index (χ2n) is 5.02. The Balaban J connectivity index is 2.77. The van der Waals surface area contributed by atoms with Crippen LogP contribution in [0, 0.1) is 6.92 Å². The number of aliphatic hydroxyl groups is 1. The van der Waals surface area contributed by atoms with Crippen molar-refractivity contribution in [1.29, 1.82) is 0 Å². The molecule has 0 saturated heterocycles. The van der Waals surface area contributed by atoms with E-state index in [0.717, 1.165) is 0 Å². The highest BCUT2D eigenvalue weighted by Gasteiger charge is 2.21. The summed E-state index contributed by atoms with van der Waals surface area (Å²) < 4.78 is 0. The fraction of sp³-hybridized carbons (Fsp3) is 0.333. The Morgan fingerprint density at radius 3 is 2.25 bits per heavy atom. The predicted molar refractivity (Wildman–Crippen MR) is 68.8 cm³/mol. The van der Waals surface area contributed by atoms with E-state index in [0.29, 0.717) is 0 Å². The SMILES string of the molecule is Cc1ccc(C(C)(C)CO)c2ccccc12. The number of benzene rings is 2. The van der Waals surface area contributed by atoms with Crippen molar-refractivity contribution >= 4 is 10.8 Å². The maximum atomic E-state index is 9.48. The van der Waals surface area contributed by atoms with Gasteiger partial charge in [0.25, 0.3) is 0 Å². The molecule has 2 aromatic carbocycles. The molecule has 0 aliphatic carbocycles. The van der Waals surface area contributed by atoms with Gasteiger partial charge in [0.1, 0.15) is 0 Å². The molecule has 2 rings (SSSR count). The third-order valence-corrected chi connectivity index (χ3v) is 3.27. The lowest BCUT2D eigenvalue weighted by Crippen LogP contribution is -2.22. The van der Waals surface area contributed by atoms with Gasteiger partial charge in [-0.2, -0.15) is 0 Å². The minimum absolute atomic E-state index is 0.167. The van der Waals surface area contributed by atoms with Gasteiger partial charge >= 0.3 is 0 Å². The standard InChI is InChI=1S/C15H18O/c1-11-8-9-14(15(2,3)10-16)13-7-5-4-6-12(11)13/h4-9,16H,10H2,1-3H3. The van der Waals surface area contributed by atoms with Crippen LogP contribution in [0.5, 0.6) is 0 Å². The van der Waals surface area contributed by atoms with E-state index in [9.17, 15) is 5.11 Å². The highest BCUT2D eigenvalue weighted by Crippen LogP contribution is 2.31. The molecule has 0 heterocycles. The fourth-order valence-electron chi connectivity index (χ4n) is 2.13. The molecule has 1 N–H and O–H groups in total. The molecule has 0 aliphatic heterocycles. The largest absolute Gasteiger partial charge is 0.395 e. The van der Waals surface area contributed by atoms with Crippen LogP contribution in [0.25, 0.3) is 10.8 Å².